The van der Waals surface area contributed by atoms with Crippen LogP contribution in [0.15, 0.2) is 23.1 Å². The van der Waals surface area contributed by atoms with E-state index in [-0.39, 0.29) is 24.0 Å². The van der Waals surface area contributed by atoms with Gasteiger partial charge in [0.05, 0.1) is 6.04 Å². The molecule has 3 nitrogen and oxygen atoms in total. The fourth-order valence-corrected chi connectivity index (χ4v) is 3.61. The van der Waals surface area contributed by atoms with Gasteiger partial charge in [-0.15, -0.1) is 11.8 Å². The van der Waals surface area contributed by atoms with Crippen LogP contribution in [0.3, 0.4) is 0 Å². The minimum absolute atomic E-state index is 0.0433. The third-order valence-corrected chi connectivity index (χ3v) is 4.64. The summed E-state index contributed by atoms with van der Waals surface area (Å²) in [4.78, 5) is 13.3. The molecule has 0 aliphatic carbocycles. The maximum Gasteiger partial charge on any atom is 0.237 e. The Morgan fingerprint density at radius 2 is 2.15 bits per heavy atom. The molecule has 1 aromatic carbocycles. The van der Waals surface area contributed by atoms with Crippen molar-refractivity contribution in [3.63, 3.8) is 0 Å². The molecule has 2 N–H and O–H groups in total. The lowest BCUT2D eigenvalue weighted by Crippen LogP contribution is -2.46. The van der Waals surface area contributed by atoms with Gasteiger partial charge in [-0.2, -0.15) is 0 Å². The smallest absolute Gasteiger partial charge is 0.237 e. The average Bonchev–Trinajstić information content (AvgIpc) is 2.38. The summed E-state index contributed by atoms with van der Waals surface area (Å²) >= 11 is 7.94. The van der Waals surface area contributed by atoms with Gasteiger partial charge in [-0.05, 0) is 56.7 Å². The molecule has 0 fully saturated rings. The van der Waals surface area contributed by atoms with E-state index in [0.29, 0.717) is 0 Å². The van der Waals surface area contributed by atoms with Crippen LogP contribution in [0.5, 0.6) is 0 Å². The molecule has 0 aromatic heterocycles. The van der Waals surface area contributed by atoms with Crippen molar-refractivity contribution in [2.24, 2.45) is 0 Å². The second kappa shape index (κ2) is 6.83. The molecule has 0 saturated carbocycles. The molecule has 20 heavy (non-hydrogen) atoms. The molecule has 1 heterocycles. The van der Waals surface area contributed by atoms with Crippen molar-refractivity contribution in [2.45, 2.75) is 50.2 Å². The Kier molecular flexibility index (Phi) is 5.35. The summed E-state index contributed by atoms with van der Waals surface area (Å²) < 4.78 is 0. The Morgan fingerprint density at radius 1 is 1.40 bits per heavy atom. The number of halogens is 1. The van der Waals surface area contributed by atoms with Crippen LogP contribution >= 0.6 is 23.4 Å². The minimum Gasteiger partial charge on any atom is -0.353 e. The Balaban J connectivity index is 2.08. The molecule has 0 saturated heterocycles. The number of fused-ring (bicyclic) bond motifs is 1. The molecule has 1 aromatic rings. The predicted octanol–water partition coefficient (Wildman–Crippen LogP) is 3.38. The lowest BCUT2D eigenvalue weighted by molar-refractivity contribution is -0.123. The molecule has 0 spiro atoms. The summed E-state index contributed by atoms with van der Waals surface area (Å²) in [6, 6.07) is 6.14. The van der Waals surface area contributed by atoms with E-state index in [1.165, 1.54) is 10.5 Å². The molecular formula is C15H21ClN2OS. The zero-order valence-electron chi connectivity index (χ0n) is 12.1. The molecule has 0 radical (unpaired) electrons. The first-order chi connectivity index (χ1) is 9.47. The fraction of sp³-hybridized carbons (Fsp3) is 0.533. The van der Waals surface area contributed by atoms with Crippen LogP contribution in [0.1, 0.15) is 38.8 Å². The summed E-state index contributed by atoms with van der Waals surface area (Å²) in [5, 5.41) is 7.11. The Morgan fingerprint density at radius 3 is 2.85 bits per heavy atom. The highest BCUT2D eigenvalue weighted by atomic mass is 35.5. The number of amides is 1. The molecule has 1 amide bonds. The summed E-state index contributed by atoms with van der Waals surface area (Å²) in [7, 11) is 0. The van der Waals surface area contributed by atoms with E-state index in [9.17, 15) is 4.79 Å². The van der Waals surface area contributed by atoms with Crippen LogP contribution in [0.25, 0.3) is 0 Å². The van der Waals surface area contributed by atoms with Gasteiger partial charge in [-0.3, -0.25) is 10.1 Å². The first-order valence-corrected chi connectivity index (χ1v) is 8.32. The number of carbonyl (C=O) groups excluding carboxylic acids is 1. The largest absolute Gasteiger partial charge is 0.353 e. The van der Waals surface area contributed by atoms with Crippen molar-refractivity contribution in [2.75, 3.05) is 5.75 Å². The minimum atomic E-state index is -0.211. The van der Waals surface area contributed by atoms with Gasteiger partial charge in [0.25, 0.3) is 0 Å². The van der Waals surface area contributed by atoms with Crippen LogP contribution in [-0.2, 0) is 4.79 Å². The number of rotatable bonds is 4. The van der Waals surface area contributed by atoms with Gasteiger partial charge < -0.3 is 5.32 Å². The highest BCUT2D eigenvalue weighted by molar-refractivity contribution is 7.99. The van der Waals surface area contributed by atoms with Crippen molar-refractivity contribution in [3.8, 4) is 0 Å². The number of nitrogens with one attached hydrogen (secondary N) is 2. The van der Waals surface area contributed by atoms with Crippen LogP contribution < -0.4 is 10.6 Å². The van der Waals surface area contributed by atoms with Crippen LogP contribution in [0.4, 0.5) is 0 Å². The van der Waals surface area contributed by atoms with Crippen LogP contribution in [-0.4, -0.2) is 23.7 Å². The molecule has 0 bridgehead atoms. The zero-order valence-corrected chi connectivity index (χ0v) is 13.6. The maximum absolute atomic E-state index is 12.0. The van der Waals surface area contributed by atoms with E-state index >= 15 is 0 Å². The first kappa shape index (κ1) is 15.7. The molecular weight excluding hydrogens is 292 g/mol. The Labute approximate surface area is 129 Å². The third kappa shape index (κ3) is 3.90. The lowest BCUT2D eigenvalue weighted by Gasteiger charge is -2.29. The number of hydrogen-bond acceptors (Lipinski definition) is 3. The van der Waals surface area contributed by atoms with Crippen molar-refractivity contribution >= 4 is 29.3 Å². The van der Waals surface area contributed by atoms with Crippen LogP contribution in [0.2, 0.25) is 5.02 Å². The van der Waals surface area contributed by atoms with Gasteiger partial charge in [0.15, 0.2) is 0 Å². The van der Waals surface area contributed by atoms with Gasteiger partial charge in [0.1, 0.15) is 0 Å². The summed E-state index contributed by atoms with van der Waals surface area (Å²) in [5.74, 6) is 1.10. The molecule has 5 heteroatoms. The van der Waals surface area contributed by atoms with Gasteiger partial charge >= 0.3 is 0 Å². The second-order valence-electron chi connectivity index (χ2n) is 5.42. The van der Waals surface area contributed by atoms with E-state index in [0.717, 1.165) is 17.2 Å². The third-order valence-electron chi connectivity index (χ3n) is 3.29. The van der Waals surface area contributed by atoms with Gasteiger partial charge in [0.2, 0.25) is 5.91 Å². The van der Waals surface area contributed by atoms with Crippen molar-refractivity contribution in [3.05, 3.63) is 28.8 Å². The molecule has 2 atom stereocenters. The highest BCUT2D eigenvalue weighted by Crippen LogP contribution is 2.37. The van der Waals surface area contributed by atoms with E-state index in [4.69, 9.17) is 11.6 Å². The topological polar surface area (TPSA) is 41.1 Å². The highest BCUT2D eigenvalue weighted by Gasteiger charge is 2.24. The van der Waals surface area contributed by atoms with Crippen molar-refractivity contribution < 1.29 is 4.79 Å². The molecule has 1 aliphatic rings. The average molecular weight is 313 g/mol. The number of hydrogen-bond donors (Lipinski definition) is 2. The predicted molar refractivity (Wildman–Crippen MR) is 85.4 cm³/mol. The van der Waals surface area contributed by atoms with Crippen molar-refractivity contribution in [1.29, 1.82) is 0 Å². The summed E-state index contributed by atoms with van der Waals surface area (Å²) in [5.41, 5.74) is 1.21. The van der Waals surface area contributed by atoms with Crippen molar-refractivity contribution in [1.82, 2.24) is 10.6 Å². The van der Waals surface area contributed by atoms with Gasteiger partial charge in [-0.25, -0.2) is 0 Å². The van der Waals surface area contributed by atoms with Gasteiger partial charge in [-0.1, -0.05) is 11.6 Å². The number of carbonyl (C=O) groups is 1. The molecule has 2 unspecified atom stereocenters. The second-order valence-corrected chi connectivity index (χ2v) is 7.00. The van der Waals surface area contributed by atoms with E-state index in [1.54, 1.807) is 0 Å². The van der Waals surface area contributed by atoms with E-state index < -0.39 is 0 Å². The maximum atomic E-state index is 12.0. The first-order valence-electron chi connectivity index (χ1n) is 6.96. The van der Waals surface area contributed by atoms with Gasteiger partial charge in [0, 0.05) is 22.0 Å². The van der Waals surface area contributed by atoms with Crippen LogP contribution in [0, 0.1) is 0 Å². The lowest BCUT2D eigenvalue weighted by atomic mass is 10.0. The van der Waals surface area contributed by atoms with E-state index in [1.807, 2.05) is 44.7 Å². The molecule has 110 valence electrons. The summed E-state index contributed by atoms with van der Waals surface area (Å²) in [6.07, 6.45) is 1.01. The summed E-state index contributed by atoms with van der Waals surface area (Å²) in [6.45, 7) is 5.84. The normalized spacial score (nSPS) is 19.6. The quantitative estimate of drug-likeness (QED) is 0.895. The monoisotopic (exact) mass is 312 g/mol. The number of benzene rings is 1. The molecule has 1 aliphatic heterocycles. The fourth-order valence-electron chi connectivity index (χ4n) is 2.33. The molecule has 2 rings (SSSR count). The SMILES string of the molecule is CC(C)NC(=O)C(C)NC1CCSc2ccc(Cl)cc21. The number of thioether (sulfide) groups is 1. The Hall–Kier alpha value is -0.710. The van der Waals surface area contributed by atoms with E-state index in [2.05, 4.69) is 16.7 Å². The standard InChI is InChI=1S/C15H21ClN2OS/c1-9(2)17-15(19)10(3)18-13-6-7-20-14-5-4-11(16)8-12(13)14/h4-5,8-10,13,18H,6-7H2,1-3H3,(H,17,19). The zero-order chi connectivity index (χ0) is 14.7. The Bertz CT molecular complexity index is 493.